The van der Waals surface area contributed by atoms with Crippen molar-refractivity contribution in [3.05, 3.63) is 46.4 Å². The predicted molar refractivity (Wildman–Crippen MR) is 88.3 cm³/mol. The van der Waals surface area contributed by atoms with E-state index in [0.717, 1.165) is 12.8 Å². The Morgan fingerprint density at radius 1 is 1.12 bits per heavy atom. The van der Waals surface area contributed by atoms with E-state index >= 15 is 0 Å². The number of phenolic OH excluding ortho intramolecular Hbond substituents is 1. The number of phenols is 1. The van der Waals surface area contributed by atoms with Gasteiger partial charge in [-0.3, -0.25) is 4.79 Å². The molecule has 0 saturated carbocycles. The molecule has 6 heteroatoms. The van der Waals surface area contributed by atoms with Gasteiger partial charge in [-0.25, -0.2) is 0 Å². The van der Waals surface area contributed by atoms with Crippen molar-refractivity contribution in [1.82, 2.24) is 4.73 Å². The highest BCUT2D eigenvalue weighted by Crippen LogP contribution is 2.41. The van der Waals surface area contributed by atoms with Gasteiger partial charge >= 0.3 is 0 Å². The number of aromatic nitrogens is 1. The summed E-state index contributed by atoms with van der Waals surface area (Å²) >= 11 is 0. The van der Waals surface area contributed by atoms with Gasteiger partial charge in [0.15, 0.2) is 0 Å². The molecule has 6 nitrogen and oxygen atoms in total. The number of benzene rings is 1. The Labute approximate surface area is 139 Å². The fraction of sp³-hybridized carbons (Fsp3) is 0.389. The van der Waals surface area contributed by atoms with Crippen molar-refractivity contribution >= 4 is 0 Å². The van der Waals surface area contributed by atoms with Crippen LogP contribution in [0.4, 0.5) is 0 Å². The Bertz CT molecular complexity index is 796. The predicted octanol–water partition coefficient (Wildman–Crippen LogP) is 3.04. The zero-order valence-electron chi connectivity index (χ0n) is 13.6. The smallest absolute Gasteiger partial charge is 0.292 e. The Morgan fingerprint density at radius 3 is 2.46 bits per heavy atom. The molecule has 3 rings (SSSR count). The van der Waals surface area contributed by atoms with E-state index in [1.165, 1.54) is 18.3 Å². The van der Waals surface area contributed by atoms with Crippen LogP contribution in [-0.2, 0) is 4.74 Å². The lowest BCUT2D eigenvalue weighted by molar-refractivity contribution is -0.0745. The summed E-state index contributed by atoms with van der Waals surface area (Å²) in [6, 6.07) is 6.16. The molecule has 0 aliphatic carbocycles. The van der Waals surface area contributed by atoms with Crippen molar-refractivity contribution in [2.24, 2.45) is 5.92 Å². The monoisotopic (exact) mass is 331 g/mol. The molecule has 0 amide bonds. The number of hydrogen-bond donors (Lipinski definition) is 3. The summed E-state index contributed by atoms with van der Waals surface area (Å²) in [5.41, 5.74) is 0.273. The summed E-state index contributed by atoms with van der Waals surface area (Å²) < 4.78 is 6.37. The second-order valence-corrected chi connectivity index (χ2v) is 6.42. The highest BCUT2D eigenvalue weighted by atomic mass is 16.5. The van der Waals surface area contributed by atoms with Crippen LogP contribution in [0.1, 0.15) is 38.4 Å². The Balaban J connectivity index is 2.16. The van der Waals surface area contributed by atoms with E-state index in [1.54, 1.807) is 12.1 Å². The molecule has 3 atom stereocenters. The van der Waals surface area contributed by atoms with Crippen molar-refractivity contribution in [1.29, 1.82) is 0 Å². The van der Waals surface area contributed by atoms with Crippen LogP contribution >= 0.6 is 0 Å². The quantitative estimate of drug-likeness (QED) is 0.736. The fourth-order valence-electron chi connectivity index (χ4n) is 3.17. The average molecular weight is 331 g/mol. The van der Waals surface area contributed by atoms with Gasteiger partial charge in [0, 0.05) is 5.56 Å². The van der Waals surface area contributed by atoms with Gasteiger partial charge < -0.3 is 20.2 Å². The first-order chi connectivity index (χ1) is 11.4. The van der Waals surface area contributed by atoms with Crippen LogP contribution in [0.3, 0.4) is 0 Å². The Morgan fingerprint density at radius 2 is 1.79 bits per heavy atom. The lowest BCUT2D eigenvalue weighted by Crippen LogP contribution is -2.32. The maximum Gasteiger partial charge on any atom is 0.292 e. The van der Waals surface area contributed by atoms with Crippen LogP contribution in [-0.4, -0.2) is 26.3 Å². The highest BCUT2D eigenvalue weighted by molar-refractivity contribution is 5.71. The van der Waals surface area contributed by atoms with Crippen molar-refractivity contribution in [3.63, 3.8) is 0 Å². The molecule has 0 spiro atoms. The van der Waals surface area contributed by atoms with Crippen LogP contribution in [0.5, 0.6) is 11.5 Å². The lowest BCUT2D eigenvalue weighted by atomic mass is 9.88. The minimum atomic E-state index is -0.680. The highest BCUT2D eigenvalue weighted by Gasteiger charge is 2.33. The van der Waals surface area contributed by atoms with Gasteiger partial charge in [0.05, 0.1) is 24.0 Å². The van der Waals surface area contributed by atoms with E-state index < -0.39 is 11.7 Å². The van der Waals surface area contributed by atoms with Crippen LogP contribution in [0.25, 0.3) is 11.1 Å². The largest absolute Gasteiger partial charge is 0.508 e. The third-order valence-corrected chi connectivity index (χ3v) is 4.59. The molecular weight excluding hydrogens is 310 g/mol. The summed E-state index contributed by atoms with van der Waals surface area (Å²) in [5, 5.41) is 30.1. The molecular formula is C18H21NO5. The van der Waals surface area contributed by atoms with E-state index in [-0.39, 0.29) is 29.1 Å². The van der Waals surface area contributed by atoms with Gasteiger partial charge in [-0.2, -0.15) is 4.73 Å². The second kappa shape index (κ2) is 6.20. The molecule has 0 radical (unpaired) electrons. The third-order valence-electron chi connectivity index (χ3n) is 4.59. The van der Waals surface area contributed by atoms with Gasteiger partial charge in [-0.05, 0) is 43.4 Å². The van der Waals surface area contributed by atoms with Crippen molar-refractivity contribution < 1.29 is 20.2 Å². The van der Waals surface area contributed by atoms with Crippen molar-refractivity contribution in [3.8, 4) is 22.6 Å². The zero-order chi connectivity index (χ0) is 17.4. The lowest BCUT2D eigenvalue weighted by Gasteiger charge is -2.33. The summed E-state index contributed by atoms with van der Waals surface area (Å²) in [5.74, 6) is -0.0503. The van der Waals surface area contributed by atoms with Crippen LogP contribution < -0.4 is 5.56 Å². The Kier molecular flexibility index (Phi) is 4.24. The van der Waals surface area contributed by atoms with Gasteiger partial charge in [-0.15, -0.1) is 0 Å². The third kappa shape index (κ3) is 2.85. The van der Waals surface area contributed by atoms with E-state index in [9.17, 15) is 20.2 Å². The molecule has 3 unspecified atom stereocenters. The molecule has 1 aliphatic heterocycles. The van der Waals surface area contributed by atoms with E-state index in [2.05, 4.69) is 0 Å². The molecule has 3 N–H and O–H groups in total. The molecule has 1 aliphatic rings. The first-order valence-corrected chi connectivity index (χ1v) is 8.01. The van der Waals surface area contributed by atoms with E-state index in [1.807, 2.05) is 13.8 Å². The molecule has 1 aromatic carbocycles. The first-order valence-electron chi connectivity index (χ1n) is 8.01. The molecule has 1 fully saturated rings. The topological polar surface area (TPSA) is 91.9 Å². The number of pyridine rings is 1. The molecule has 0 bridgehead atoms. The van der Waals surface area contributed by atoms with Crippen molar-refractivity contribution in [2.75, 3.05) is 0 Å². The molecule has 2 heterocycles. The zero-order valence-corrected chi connectivity index (χ0v) is 13.6. The van der Waals surface area contributed by atoms with Crippen LogP contribution in [0, 0.1) is 5.92 Å². The molecule has 1 aromatic heterocycles. The van der Waals surface area contributed by atoms with Gasteiger partial charge in [0.2, 0.25) is 0 Å². The molecule has 24 heavy (non-hydrogen) atoms. The number of ether oxygens (including phenoxy) is 1. The summed E-state index contributed by atoms with van der Waals surface area (Å²) in [6.07, 6.45) is 2.35. The number of aromatic hydroxyl groups is 2. The Hall–Kier alpha value is -2.47. The minimum absolute atomic E-state index is 0.0190. The van der Waals surface area contributed by atoms with E-state index in [4.69, 9.17) is 4.74 Å². The van der Waals surface area contributed by atoms with Gasteiger partial charge in [0.25, 0.3) is 5.56 Å². The van der Waals surface area contributed by atoms with Crippen LogP contribution in [0.2, 0.25) is 0 Å². The standard InChI is InChI=1S/C18H21NO5/c1-10-3-4-11(2)24-17(10)15-16(21)14(9-19(23)18(15)22)12-5-7-13(20)8-6-12/h5-11,17,20-21,23H,3-4H2,1-2H3. The number of rotatable bonds is 2. The van der Waals surface area contributed by atoms with Gasteiger partial charge in [0.1, 0.15) is 11.5 Å². The van der Waals surface area contributed by atoms with Gasteiger partial charge in [-0.1, -0.05) is 19.1 Å². The maximum atomic E-state index is 12.4. The SMILES string of the molecule is CC1CCC(C)C(c2c(O)c(-c3ccc(O)cc3)cn(O)c2=O)O1. The fourth-order valence-corrected chi connectivity index (χ4v) is 3.17. The number of nitrogens with zero attached hydrogens (tertiary/aromatic N) is 1. The summed E-state index contributed by atoms with van der Waals surface area (Å²) in [7, 11) is 0. The maximum absolute atomic E-state index is 12.4. The normalized spacial score (nSPS) is 24.0. The second-order valence-electron chi connectivity index (χ2n) is 6.42. The first kappa shape index (κ1) is 16.4. The summed E-state index contributed by atoms with van der Waals surface area (Å²) in [4.78, 5) is 12.4. The summed E-state index contributed by atoms with van der Waals surface area (Å²) in [6.45, 7) is 3.89. The average Bonchev–Trinajstić information content (AvgIpc) is 2.55. The van der Waals surface area contributed by atoms with E-state index in [0.29, 0.717) is 15.9 Å². The number of hydrogen-bond acceptors (Lipinski definition) is 5. The van der Waals surface area contributed by atoms with Crippen molar-refractivity contribution in [2.45, 2.75) is 38.9 Å². The van der Waals surface area contributed by atoms with Crippen LogP contribution in [0.15, 0.2) is 35.3 Å². The molecule has 1 saturated heterocycles. The molecule has 2 aromatic rings. The minimum Gasteiger partial charge on any atom is -0.508 e. The molecule has 128 valence electrons.